The van der Waals surface area contributed by atoms with Crippen LogP contribution in [0.2, 0.25) is 0 Å². The Kier molecular flexibility index (Phi) is 7.03. The second kappa shape index (κ2) is 9.05. The molecule has 0 aliphatic carbocycles. The zero-order chi connectivity index (χ0) is 14.9. The summed E-state index contributed by atoms with van der Waals surface area (Å²) < 4.78 is 12.8. The van der Waals surface area contributed by atoms with Crippen LogP contribution in [0.25, 0.3) is 0 Å². The quantitative estimate of drug-likeness (QED) is 0.621. The summed E-state index contributed by atoms with van der Waals surface area (Å²) in [6, 6.07) is 6.23. The van der Waals surface area contributed by atoms with Crippen LogP contribution in [0.15, 0.2) is 29.2 Å². The van der Waals surface area contributed by atoms with E-state index in [4.69, 9.17) is 0 Å². The van der Waals surface area contributed by atoms with Gasteiger partial charge in [0.2, 0.25) is 5.91 Å². The van der Waals surface area contributed by atoms with Gasteiger partial charge < -0.3 is 10.2 Å². The summed E-state index contributed by atoms with van der Waals surface area (Å²) in [6.45, 7) is 4.22. The van der Waals surface area contributed by atoms with Crippen molar-refractivity contribution in [3.8, 4) is 0 Å². The average Bonchev–Trinajstić information content (AvgIpc) is 2.52. The van der Waals surface area contributed by atoms with E-state index in [1.807, 2.05) is 0 Å². The number of nitrogens with zero attached hydrogens (tertiary/aromatic N) is 1. The number of piperidine rings is 1. The number of hydrogen-bond donors (Lipinski definition) is 1. The van der Waals surface area contributed by atoms with E-state index in [0.29, 0.717) is 5.75 Å². The number of benzene rings is 1. The molecule has 5 heteroatoms. The maximum atomic E-state index is 12.8. The van der Waals surface area contributed by atoms with E-state index >= 15 is 0 Å². The van der Waals surface area contributed by atoms with Crippen molar-refractivity contribution in [2.24, 2.45) is 0 Å². The van der Waals surface area contributed by atoms with Crippen molar-refractivity contribution in [3.63, 3.8) is 0 Å². The second-order valence-electron chi connectivity index (χ2n) is 5.35. The highest BCUT2D eigenvalue weighted by Crippen LogP contribution is 2.17. The Morgan fingerprint density at radius 3 is 2.62 bits per heavy atom. The second-order valence-corrected chi connectivity index (χ2v) is 6.40. The minimum absolute atomic E-state index is 0.0444. The van der Waals surface area contributed by atoms with Gasteiger partial charge in [0.25, 0.3) is 0 Å². The maximum Gasteiger partial charge on any atom is 0.230 e. The molecule has 21 heavy (non-hydrogen) atoms. The summed E-state index contributed by atoms with van der Waals surface area (Å²) in [6.07, 6.45) is 4.97. The first kappa shape index (κ1) is 16.3. The summed E-state index contributed by atoms with van der Waals surface area (Å²) in [5.74, 6) is 0.180. The molecular weight excluding hydrogens is 287 g/mol. The summed E-state index contributed by atoms with van der Waals surface area (Å²) >= 11 is 1.43. The number of halogens is 1. The molecule has 1 saturated heterocycles. The fourth-order valence-corrected chi connectivity index (χ4v) is 3.17. The molecule has 116 valence electrons. The Morgan fingerprint density at radius 2 is 1.90 bits per heavy atom. The first-order valence-corrected chi connectivity index (χ1v) is 8.60. The highest BCUT2D eigenvalue weighted by atomic mass is 32.2. The number of rotatable bonds is 7. The molecule has 3 nitrogen and oxygen atoms in total. The van der Waals surface area contributed by atoms with E-state index in [1.165, 1.54) is 56.2 Å². The smallest absolute Gasteiger partial charge is 0.230 e. The Hall–Kier alpha value is -1.07. The number of nitrogens with one attached hydrogen (secondary N) is 1. The molecule has 1 aromatic rings. The average molecular weight is 310 g/mol. The van der Waals surface area contributed by atoms with Gasteiger partial charge in [0, 0.05) is 11.4 Å². The van der Waals surface area contributed by atoms with Crippen LogP contribution in [0.5, 0.6) is 0 Å². The first-order valence-electron chi connectivity index (χ1n) is 7.61. The number of amides is 1. The molecule has 0 unspecified atom stereocenters. The predicted octanol–water partition coefficient (Wildman–Crippen LogP) is 2.91. The fraction of sp³-hybridized carbons (Fsp3) is 0.562. The van der Waals surface area contributed by atoms with Crippen LogP contribution in [0.4, 0.5) is 4.39 Å². The van der Waals surface area contributed by atoms with Crippen molar-refractivity contribution in [1.29, 1.82) is 0 Å². The van der Waals surface area contributed by atoms with E-state index in [-0.39, 0.29) is 11.7 Å². The highest BCUT2D eigenvalue weighted by molar-refractivity contribution is 8.00. The van der Waals surface area contributed by atoms with Crippen molar-refractivity contribution >= 4 is 17.7 Å². The fourth-order valence-electron chi connectivity index (χ4n) is 2.44. The van der Waals surface area contributed by atoms with Gasteiger partial charge >= 0.3 is 0 Å². The minimum atomic E-state index is -0.249. The van der Waals surface area contributed by atoms with Gasteiger partial charge in [-0.1, -0.05) is 6.42 Å². The largest absolute Gasteiger partial charge is 0.355 e. The molecule has 0 spiro atoms. The first-order chi connectivity index (χ1) is 10.2. The summed E-state index contributed by atoms with van der Waals surface area (Å²) in [5, 5.41) is 2.94. The van der Waals surface area contributed by atoms with Gasteiger partial charge in [-0.2, -0.15) is 0 Å². The maximum absolute atomic E-state index is 12.8. The van der Waals surface area contributed by atoms with Gasteiger partial charge in [-0.15, -0.1) is 11.8 Å². The van der Waals surface area contributed by atoms with Crippen LogP contribution in [0.3, 0.4) is 0 Å². The molecule has 0 saturated carbocycles. The molecule has 1 fully saturated rings. The SMILES string of the molecule is O=C(CSc1ccc(F)cc1)NCCCN1CCCCC1. The lowest BCUT2D eigenvalue weighted by Gasteiger charge is -2.26. The molecule has 1 heterocycles. The number of carbonyl (C=O) groups excluding carboxylic acids is 1. The van der Waals surface area contributed by atoms with Gasteiger partial charge in [-0.05, 0) is 63.2 Å². The molecule has 0 radical (unpaired) electrons. The Labute approximate surface area is 130 Å². The van der Waals surface area contributed by atoms with E-state index in [0.717, 1.165) is 24.4 Å². The van der Waals surface area contributed by atoms with Crippen molar-refractivity contribution in [2.45, 2.75) is 30.6 Å². The topological polar surface area (TPSA) is 32.3 Å². The van der Waals surface area contributed by atoms with Gasteiger partial charge in [0.1, 0.15) is 5.82 Å². The zero-order valence-electron chi connectivity index (χ0n) is 12.3. The van der Waals surface area contributed by atoms with Crippen molar-refractivity contribution in [3.05, 3.63) is 30.1 Å². The van der Waals surface area contributed by atoms with Crippen LogP contribution < -0.4 is 5.32 Å². The van der Waals surface area contributed by atoms with Crippen molar-refractivity contribution in [1.82, 2.24) is 10.2 Å². The van der Waals surface area contributed by atoms with Gasteiger partial charge in [-0.3, -0.25) is 4.79 Å². The molecule has 0 atom stereocenters. The van der Waals surface area contributed by atoms with E-state index in [9.17, 15) is 9.18 Å². The van der Waals surface area contributed by atoms with Crippen molar-refractivity contribution in [2.75, 3.05) is 31.9 Å². The third-order valence-corrected chi connectivity index (χ3v) is 4.62. The summed E-state index contributed by atoms with van der Waals surface area (Å²) in [7, 11) is 0. The van der Waals surface area contributed by atoms with Crippen LogP contribution >= 0.6 is 11.8 Å². The van der Waals surface area contributed by atoms with Gasteiger partial charge in [0.15, 0.2) is 0 Å². The highest BCUT2D eigenvalue weighted by Gasteiger charge is 2.09. The minimum Gasteiger partial charge on any atom is -0.355 e. The number of likely N-dealkylation sites (tertiary alicyclic amines) is 1. The predicted molar refractivity (Wildman–Crippen MR) is 85.0 cm³/mol. The third kappa shape index (κ3) is 6.48. The molecule has 1 aliphatic rings. The van der Waals surface area contributed by atoms with E-state index < -0.39 is 0 Å². The van der Waals surface area contributed by atoms with Gasteiger partial charge in [-0.25, -0.2) is 4.39 Å². The van der Waals surface area contributed by atoms with E-state index in [2.05, 4.69) is 10.2 Å². The lowest BCUT2D eigenvalue weighted by molar-refractivity contribution is -0.118. The molecule has 1 amide bonds. The molecule has 1 aromatic carbocycles. The molecule has 1 N–H and O–H groups in total. The Balaban J connectivity index is 1.54. The van der Waals surface area contributed by atoms with Crippen LogP contribution in [0.1, 0.15) is 25.7 Å². The molecule has 1 aliphatic heterocycles. The third-order valence-electron chi connectivity index (χ3n) is 3.61. The van der Waals surface area contributed by atoms with Crippen LogP contribution in [0, 0.1) is 5.82 Å². The van der Waals surface area contributed by atoms with E-state index in [1.54, 1.807) is 12.1 Å². The zero-order valence-corrected chi connectivity index (χ0v) is 13.1. The lowest BCUT2D eigenvalue weighted by atomic mass is 10.1. The standard InChI is InChI=1S/C16H23FN2OS/c17-14-5-7-15(8-6-14)21-13-16(20)18-9-4-12-19-10-2-1-3-11-19/h5-8H,1-4,9-13H2,(H,18,20). The molecular formula is C16H23FN2OS. The number of hydrogen-bond acceptors (Lipinski definition) is 3. The van der Waals surface area contributed by atoms with Crippen LogP contribution in [-0.2, 0) is 4.79 Å². The normalized spacial score (nSPS) is 15.9. The van der Waals surface area contributed by atoms with Gasteiger partial charge in [0.05, 0.1) is 5.75 Å². The van der Waals surface area contributed by atoms with Crippen LogP contribution in [-0.4, -0.2) is 42.7 Å². The van der Waals surface area contributed by atoms with Crippen molar-refractivity contribution < 1.29 is 9.18 Å². The molecule has 2 rings (SSSR count). The monoisotopic (exact) mass is 310 g/mol. The number of carbonyl (C=O) groups is 1. The lowest BCUT2D eigenvalue weighted by Crippen LogP contribution is -2.33. The summed E-state index contributed by atoms with van der Waals surface area (Å²) in [4.78, 5) is 15.1. The molecule has 0 aromatic heterocycles. The molecule has 0 bridgehead atoms. The number of thioether (sulfide) groups is 1. The summed E-state index contributed by atoms with van der Waals surface area (Å²) in [5.41, 5.74) is 0. The Bertz CT molecular complexity index is 432. The Morgan fingerprint density at radius 1 is 1.19 bits per heavy atom.